The molecule has 1 unspecified atom stereocenters. The smallest absolute Gasteiger partial charge is 0.282 e. The van der Waals surface area contributed by atoms with Crippen molar-refractivity contribution in [3.63, 3.8) is 0 Å². The summed E-state index contributed by atoms with van der Waals surface area (Å²) < 4.78 is 5.25. The lowest BCUT2D eigenvalue weighted by Crippen LogP contribution is -2.26. The molecule has 1 aromatic carbocycles. The lowest BCUT2D eigenvalue weighted by molar-refractivity contribution is -0.385. The van der Waals surface area contributed by atoms with Crippen molar-refractivity contribution >= 4 is 17.3 Å². The largest absolute Gasteiger partial charge is 0.399 e. The zero-order chi connectivity index (χ0) is 14.5. The van der Waals surface area contributed by atoms with Crippen molar-refractivity contribution in [3.8, 4) is 0 Å². The van der Waals surface area contributed by atoms with E-state index in [1.165, 1.54) is 18.2 Å². The number of nitrogen functional groups attached to an aromatic ring is 1. The molecule has 3 N–H and O–H groups in total. The van der Waals surface area contributed by atoms with Crippen molar-refractivity contribution in [2.75, 3.05) is 25.5 Å². The molecule has 1 heterocycles. The first kappa shape index (κ1) is 14.3. The van der Waals surface area contributed by atoms with Gasteiger partial charge < -0.3 is 15.8 Å². The van der Waals surface area contributed by atoms with Gasteiger partial charge in [-0.25, -0.2) is 0 Å². The maximum absolute atomic E-state index is 12.0. The van der Waals surface area contributed by atoms with Gasteiger partial charge in [-0.2, -0.15) is 0 Å². The van der Waals surface area contributed by atoms with Crippen molar-refractivity contribution in [2.24, 2.45) is 5.92 Å². The van der Waals surface area contributed by atoms with Crippen molar-refractivity contribution in [1.29, 1.82) is 0 Å². The number of anilines is 1. The molecule has 1 saturated heterocycles. The third-order valence-electron chi connectivity index (χ3n) is 3.32. The van der Waals surface area contributed by atoms with E-state index in [9.17, 15) is 14.9 Å². The second-order valence-corrected chi connectivity index (χ2v) is 4.81. The van der Waals surface area contributed by atoms with E-state index in [-0.39, 0.29) is 11.3 Å². The van der Waals surface area contributed by atoms with E-state index in [4.69, 9.17) is 10.5 Å². The molecular weight excluding hydrogens is 262 g/mol. The van der Waals surface area contributed by atoms with Crippen LogP contribution in [0.3, 0.4) is 0 Å². The van der Waals surface area contributed by atoms with Crippen LogP contribution >= 0.6 is 0 Å². The molecule has 0 bridgehead atoms. The quantitative estimate of drug-likeness (QED) is 0.480. The van der Waals surface area contributed by atoms with Crippen molar-refractivity contribution in [1.82, 2.24) is 5.32 Å². The second kappa shape index (κ2) is 6.33. The number of nitrogens with one attached hydrogen (secondary N) is 1. The average molecular weight is 279 g/mol. The summed E-state index contributed by atoms with van der Waals surface area (Å²) in [6.07, 6.45) is 1.80. The summed E-state index contributed by atoms with van der Waals surface area (Å²) in [6.45, 7) is 1.95. The molecule has 108 valence electrons. The van der Waals surface area contributed by atoms with E-state index in [0.29, 0.717) is 24.8 Å². The Bertz CT molecular complexity index is 512. The van der Waals surface area contributed by atoms with Gasteiger partial charge in [0, 0.05) is 31.5 Å². The van der Waals surface area contributed by atoms with Crippen LogP contribution in [0.4, 0.5) is 11.4 Å². The number of benzene rings is 1. The van der Waals surface area contributed by atoms with Gasteiger partial charge in [0.2, 0.25) is 0 Å². The number of carbonyl (C=O) groups is 1. The summed E-state index contributed by atoms with van der Waals surface area (Å²) in [5, 5.41) is 13.6. The average Bonchev–Trinajstić information content (AvgIpc) is 2.91. The fourth-order valence-corrected chi connectivity index (χ4v) is 2.19. The summed E-state index contributed by atoms with van der Waals surface area (Å²) in [6, 6.07) is 3.98. The van der Waals surface area contributed by atoms with Crippen LogP contribution in [0.2, 0.25) is 0 Å². The van der Waals surface area contributed by atoms with Crippen molar-refractivity contribution in [3.05, 3.63) is 33.9 Å². The van der Waals surface area contributed by atoms with Gasteiger partial charge in [0.1, 0.15) is 5.56 Å². The molecular formula is C13H17N3O4. The maximum Gasteiger partial charge on any atom is 0.282 e. The molecule has 0 radical (unpaired) electrons. The summed E-state index contributed by atoms with van der Waals surface area (Å²) in [4.78, 5) is 22.3. The Hall–Kier alpha value is -2.15. The zero-order valence-corrected chi connectivity index (χ0v) is 11.0. The predicted octanol–water partition coefficient (Wildman–Crippen LogP) is 1.33. The van der Waals surface area contributed by atoms with Crippen LogP contribution < -0.4 is 11.1 Å². The Morgan fingerprint density at radius 2 is 2.35 bits per heavy atom. The monoisotopic (exact) mass is 279 g/mol. The summed E-state index contributed by atoms with van der Waals surface area (Å²) in [7, 11) is 0. The van der Waals surface area contributed by atoms with Crippen LogP contribution in [0.25, 0.3) is 0 Å². The van der Waals surface area contributed by atoms with Crippen molar-refractivity contribution < 1.29 is 14.5 Å². The normalized spacial score (nSPS) is 17.9. The Kier molecular flexibility index (Phi) is 4.52. The molecule has 0 saturated carbocycles. The van der Waals surface area contributed by atoms with E-state index in [1.54, 1.807) is 0 Å². The Balaban J connectivity index is 1.97. The maximum atomic E-state index is 12.0. The first-order chi connectivity index (χ1) is 9.58. The number of nitrogens with zero attached hydrogens (tertiary/aromatic N) is 1. The molecule has 7 nitrogen and oxygen atoms in total. The molecule has 0 aromatic heterocycles. The molecule has 1 fully saturated rings. The zero-order valence-electron chi connectivity index (χ0n) is 11.0. The lowest BCUT2D eigenvalue weighted by atomic mass is 10.1. The molecule has 1 aliphatic heterocycles. The first-order valence-corrected chi connectivity index (χ1v) is 6.48. The minimum atomic E-state index is -0.584. The Labute approximate surface area is 116 Å². The minimum Gasteiger partial charge on any atom is -0.399 e. The number of ether oxygens (including phenoxy) is 1. The highest BCUT2D eigenvalue weighted by atomic mass is 16.6. The fourth-order valence-electron chi connectivity index (χ4n) is 2.19. The van der Waals surface area contributed by atoms with E-state index in [1.807, 2.05) is 0 Å². The van der Waals surface area contributed by atoms with E-state index in [2.05, 4.69) is 5.32 Å². The van der Waals surface area contributed by atoms with Crippen LogP contribution in [-0.4, -0.2) is 30.6 Å². The number of carbonyl (C=O) groups excluding carboxylic acids is 1. The van der Waals surface area contributed by atoms with Gasteiger partial charge in [0.25, 0.3) is 11.6 Å². The molecule has 1 amide bonds. The van der Waals surface area contributed by atoms with Crippen LogP contribution in [0.1, 0.15) is 23.2 Å². The van der Waals surface area contributed by atoms with Crippen LogP contribution in [0, 0.1) is 16.0 Å². The molecule has 1 aliphatic rings. The number of nitro groups is 1. The third kappa shape index (κ3) is 3.45. The molecule has 1 atom stereocenters. The number of rotatable bonds is 5. The lowest BCUT2D eigenvalue weighted by Gasteiger charge is -2.09. The van der Waals surface area contributed by atoms with Gasteiger partial charge in [0.15, 0.2) is 0 Å². The Morgan fingerprint density at radius 1 is 1.55 bits per heavy atom. The van der Waals surface area contributed by atoms with Crippen molar-refractivity contribution in [2.45, 2.75) is 12.8 Å². The predicted molar refractivity (Wildman–Crippen MR) is 73.4 cm³/mol. The highest BCUT2D eigenvalue weighted by molar-refractivity contribution is 5.99. The minimum absolute atomic E-state index is 0.00216. The number of hydrogen-bond acceptors (Lipinski definition) is 5. The number of amides is 1. The Morgan fingerprint density at radius 3 is 3.00 bits per heavy atom. The SMILES string of the molecule is Nc1ccc([N+](=O)[O-])c(C(=O)NCCC2CCOC2)c1. The highest BCUT2D eigenvalue weighted by Crippen LogP contribution is 2.21. The number of hydrogen-bond donors (Lipinski definition) is 2. The summed E-state index contributed by atoms with van der Waals surface area (Å²) in [5.41, 5.74) is 5.66. The number of nitrogens with two attached hydrogens (primary N) is 1. The van der Waals surface area contributed by atoms with Crippen LogP contribution in [0.15, 0.2) is 18.2 Å². The van der Waals surface area contributed by atoms with Gasteiger partial charge >= 0.3 is 0 Å². The fraction of sp³-hybridized carbons (Fsp3) is 0.462. The molecule has 1 aromatic rings. The van der Waals surface area contributed by atoms with Crippen LogP contribution in [0.5, 0.6) is 0 Å². The van der Waals surface area contributed by atoms with Gasteiger partial charge in [-0.1, -0.05) is 0 Å². The number of nitro benzene ring substituents is 1. The van der Waals surface area contributed by atoms with Gasteiger partial charge in [-0.3, -0.25) is 14.9 Å². The van der Waals surface area contributed by atoms with Crippen LogP contribution in [-0.2, 0) is 4.74 Å². The van der Waals surface area contributed by atoms with E-state index >= 15 is 0 Å². The standard InChI is InChI=1S/C13H17N3O4/c14-10-1-2-12(16(18)19)11(7-10)13(17)15-5-3-9-4-6-20-8-9/h1-2,7,9H,3-6,8,14H2,(H,15,17). The third-order valence-corrected chi connectivity index (χ3v) is 3.32. The molecule has 7 heteroatoms. The summed E-state index contributed by atoms with van der Waals surface area (Å²) >= 11 is 0. The summed E-state index contributed by atoms with van der Waals surface area (Å²) in [5.74, 6) is -0.0194. The van der Waals surface area contributed by atoms with Gasteiger partial charge in [0.05, 0.1) is 4.92 Å². The molecule has 0 aliphatic carbocycles. The first-order valence-electron chi connectivity index (χ1n) is 6.48. The molecule has 20 heavy (non-hydrogen) atoms. The highest BCUT2D eigenvalue weighted by Gasteiger charge is 2.21. The second-order valence-electron chi connectivity index (χ2n) is 4.81. The van der Waals surface area contributed by atoms with E-state index < -0.39 is 10.8 Å². The van der Waals surface area contributed by atoms with Gasteiger partial charge in [-0.15, -0.1) is 0 Å². The topological polar surface area (TPSA) is 107 Å². The van der Waals surface area contributed by atoms with Gasteiger partial charge in [-0.05, 0) is 30.9 Å². The van der Waals surface area contributed by atoms with E-state index in [0.717, 1.165) is 19.4 Å². The molecule has 2 rings (SSSR count). The molecule has 0 spiro atoms.